The van der Waals surface area contributed by atoms with E-state index in [1.165, 1.54) is 0 Å². The van der Waals surface area contributed by atoms with E-state index in [-0.39, 0.29) is 0 Å². The highest BCUT2D eigenvalue weighted by Gasteiger charge is 2.04. The zero-order chi connectivity index (χ0) is 13.4. The maximum Gasteiger partial charge on any atom is 0.159 e. The van der Waals surface area contributed by atoms with Gasteiger partial charge in [-0.15, -0.1) is 0 Å². The standard InChI is InChI=1S/C17H11N3/c1-2-6-14-12(4-1)7-9-15(19-14)16-10-8-13-5-3-11-18-17(13)20-16/h1-11H. The summed E-state index contributed by atoms with van der Waals surface area (Å²) >= 11 is 0. The molecule has 1 aromatic carbocycles. The second kappa shape index (κ2) is 4.38. The first-order chi connectivity index (χ1) is 9.90. The van der Waals surface area contributed by atoms with Crippen molar-refractivity contribution >= 4 is 21.9 Å². The van der Waals surface area contributed by atoms with Gasteiger partial charge in [-0.05, 0) is 36.4 Å². The Bertz CT molecular complexity index is 838. The van der Waals surface area contributed by atoms with Gasteiger partial charge in [-0.25, -0.2) is 15.0 Å². The summed E-state index contributed by atoms with van der Waals surface area (Å²) in [5.74, 6) is 0. The quantitative estimate of drug-likeness (QED) is 0.520. The molecule has 4 aromatic rings. The highest BCUT2D eigenvalue weighted by atomic mass is 14.9. The predicted octanol–water partition coefficient (Wildman–Crippen LogP) is 3.85. The Hall–Kier alpha value is -2.81. The Morgan fingerprint density at radius 3 is 2.30 bits per heavy atom. The van der Waals surface area contributed by atoms with Crippen LogP contribution in [-0.4, -0.2) is 15.0 Å². The summed E-state index contributed by atoms with van der Waals surface area (Å²) in [6.45, 7) is 0. The molecule has 0 aliphatic carbocycles. The van der Waals surface area contributed by atoms with Crippen molar-refractivity contribution in [3.05, 3.63) is 66.9 Å². The van der Waals surface area contributed by atoms with Crippen LogP contribution in [0.2, 0.25) is 0 Å². The molecule has 0 aliphatic heterocycles. The molecular formula is C17H11N3. The summed E-state index contributed by atoms with van der Waals surface area (Å²) in [6, 6.07) is 20.1. The third-order valence-corrected chi connectivity index (χ3v) is 3.32. The van der Waals surface area contributed by atoms with Crippen LogP contribution in [0.25, 0.3) is 33.3 Å². The number of benzene rings is 1. The lowest BCUT2D eigenvalue weighted by molar-refractivity contribution is 1.26. The van der Waals surface area contributed by atoms with Gasteiger partial charge < -0.3 is 0 Å². The minimum atomic E-state index is 0.750. The van der Waals surface area contributed by atoms with Gasteiger partial charge in [0, 0.05) is 17.0 Å². The van der Waals surface area contributed by atoms with Gasteiger partial charge in [-0.1, -0.05) is 24.3 Å². The van der Waals surface area contributed by atoms with Crippen LogP contribution < -0.4 is 0 Å². The molecule has 3 heteroatoms. The second-order valence-corrected chi connectivity index (χ2v) is 4.64. The minimum absolute atomic E-state index is 0.750. The molecule has 0 N–H and O–H groups in total. The molecule has 0 amide bonds. The fraction of sp³-hybridized carbons (Fsp3) is 0. The Labute approximate surface area is 116 Å². The monoisotopic (exact) mass is 257 g/mol. The van der Waals surface area contributed by atoms with Crippen LogP contribution in [0.4, 0.5) is 0 Å². The zero-order valence-corrected chi connectivity index (χ0v) is 10.7. The fourth-order valence-corrected chi connectivity index (χ4v) is 2.30. The van der Waals surface area contributed by atoms with E-state index in [0.717, 1.165) is 33.3 Å². The molecule has 0 unspecified atom stereocenters. The van der Waals surface area contributed by atoms with E-state index in [1.54, 1.807) is 6.20 Å². The molecule has 0 fully saturated rings. The third-order valence-electron chi connectivity index (χ3n) is 3.32. The van der Waals surface area contributed by atoms with Gasteiger partial charge >= 0.3 is 0 Å². The second-order valence-electron chi connectivity index (χ2n) is 4.64. The van der Waals surface area contributed by atoms with Gasteiger partial charge in [0.05, 0.1) is 16.9 Å². The van der Waals surface area contributed by atoms with E-state index in [1.807, 2.05) is 48.5 Å². The summed E-state index contributed by atoms with van der Waals surface area (Å²) in [4.78, 5) is 13.5. The van der Waals surface area contributed by atoms with E-state index in [9.17, 15) is 0 Å². The van der Waals surface area contributed by atoms with E-state index < -0.39 is 0 Å². The van der Waals surface area contributed by atoms with E-state index in [2.05, 4.69) is 27.1 Å². The van der Waals surface area contributed by atoms with E-state index >= 15 is 0 Å². The molecule has 94 valence electrons. The Balaban J connectivity index is 1.91. The molecule has 0 bridgehead atoms. The average molecular weight is 257 g/mol. The molecule has 0 radical (unpaired) electrons. The van der Waals surface area contributed by atoms with Crippen LogP contribution in [0.1, 0.15) is 0 Å². The zero-order valence-electron chi connectivity index (χ0n) is 10.7. The number of nitrogens with zero attached hydrogens (tertiary/aromatic N) is 3. The van der Waals surface area contributed by atoms with Gasteiger partial charge in [-0.3, -0.25) is 0 Å². The van der Waals surface area contributed by atoms with Crippen molar-refractivity contribution in [2.75, 3.05) is 0 Å². The van der Waals surface area contributed by atoms with Crippen LogP contribution in [0.5, 0.6) is 0 Å². The van der Waals surface area contributed by atoms with Crippen molar-refractivity contribution < 1.29 is 0 Å². The van der Waals surface area contributed by atoms with Crippen molar-refractivity contribution in [1.82, 2.24) is 15.0 Å². The largest absolute Gasteiger partial charge is 0.246 e. The van der Waals surface area contributed by atoms with Gasteiger partial charge in [0.2, 0.25) is 0 Å². The number of fused-ring (bicyclic) bond motifs is 2. The Morgan fingerprint density at radius 1 is 0.600 bits per heavy atom. The average Bonchev–Trinajstić information content (AvgIpc) is 2.54. The first-order valence-electron chi connectivity index (χ1n) is 6.48. The molecule has 0 spiro atoms. The topological polar surface area (TPSA) is 38.7 Å². The molecule has 0 aliphatic rings. The number of aromatic nitrogens is 3. The highest BCUT2D eigenvalue weighted by molar-refractivity contribution is 5.82. The number of pyridine rings is 3. The number of para-hydroxylation sites is 1. The van der Waals surface area contributed by atoms with Crippen LogP contribution in [0, 0.1) is 0 Å². The maximum atomic E-state index is 4.66. The summed E-state index contributed by atoms with van der Waals surface area (Å²) < 4.78 is 0. The van der Waals surface area contributed by atoms with Crippen molar-refractivity contribution in [2.24, 2.45) is 0 Å². The molecular weight excluding hydrogens is 246 g/mol. The van der Waals surface area contributed by atoms with Crippen LogP contribution >= 0.6 is 0 Å². The van der Waals surface area contributed by atoms with Gasteiger partial charge in [-0.2, -0.15) is 0 Å². The first kappa shape index (κ1) is 11.1. The van der Waals surface area contributed by atoms with Gasteiger partial charge in [0.15, 0.2) is 5.65 Å². The molecule has 3 nitrogen and oxygen atoms in total. The molecule has 3 heterocycles. The smallest absolute Gasteiger partial charge is 0.159 e. The summed E-state index contributed by atoms with van der Waals surface area (Å²) in [5, 5.41) is 2.17. The fourth-order valence-electron chi connectivity index (χ4n) is 2.30. The molecule has 0 saturated heterocycles. The van der Waals surface area contributed by atoms with Crippen molar-refractivity contribution in [2.45, 2.75) is 0 Å². The van der Waals surface area contributed by atoms with Gasteiger partial charge in [0.25, 0.3) is 0 Å². The van der Waals surface area contributed by atoms with Crippen molar-refractivity contribution in [3.63, 3.8) is 0 Å². The highest BCUT2D eigenvalue weighted by Crippen LogP contribution is 2.21. The lowest BCUT2D eigenvalue weighted by Gasteiger charge is -2.03. The minimum Gasteiger partial charge on any atom is -0.246 e. The molecule has 3 aromatic heterocycles. The SMILES string of the molecule is c1ccc2nc(-c3ccc4cccnc4n3)ccc2c1. The summed E-state index contributed by atoms with van der Waals surface area (Å²) in [7, 11) is 0. The van der Waals surface area contributed by atoms with Gasteiger partial charge in [0.1, 0.15) is 0 Å². The normalized spacial score (nSPS) is 11.0. The third kappa shape index (κ3) is 1.80. The summed E-state index contributed by atoms with van der Waals surface area (Å²) in [6.07, 6.45) is 1.76. The number of hydrogen-bond donors (Lipinski definition) is 0. The number of hydrogen-bond acceptors (Lipinski definition) is 3. The molecule has 0 saturated carbocycles. The Kier molecular flexibility index (Phi) is 2.42. The van der Waals surface area contributed by atoms with Crippen LogP contribution in [0.15, 0.2) is 66.9 Å². The van der Waals surface area contributed by atoms with E-state index in [4.69, 9.17) is 0 Å². The van der Waals surface area contributed by atoms with E-state index in [0.29, 0.717) is 0 Å². The lowest BCUT2D eigenvalue weighted by atomic mass is 10.1. The molecule has 0 atom stereocenters. The van der Waals surface area contributed by atoms with Crippen LogP contribution in [0.3, 0.4) is 0 Å². The number of rotatable bonds is 1. The molecule has 4 rings (SSSR count). The summed E-state index contributed by atoms with van der Waals surface area (Å²) in [5.41, 5.74) is 3.45. The first-order valence-corrected chi connectivity index (χ1v) is 6.48. The van der Waals surface area contributed by atoms with Crippen LogP contribution in [-0.2, 0) is 0 Å². The van der Waals surface area contributed by atoms with Crippen molar-refractivity contribution in [3.8, 4) is 11.4 Å². The lowest BCUT2D eigenvalue weighted by Crippen LogP contribution is -1.90. The Morgan fingerprint density at radius 2 is 1.35 bits per heavy atom. The molecule has 20 heavy (non-hydrogen) atoms. The maximum absolute atomic E-state index is 4.66. The predicted molar refractivity (Wildman–Crippen MR) is 80.3 cm³/mol. The van der Waals surface area contributed by atoms with Crippen molar-refractivity contribution in [1.29, 1.82) is 0 Å².